The van der Waals surface area contributed by atoms with Crippen molar-refractivity contribution in [3.63, 3.8) is 0 Å². The molecule has 7 heteroatoms. The van der Waals surface area contributed by atoms with E-state index in [9.17, 15) is 14.7 Å². The lowest BCUT2D eigenvalue weighted by Crippen LogP contribution is -2.64. The van der Waals surface area contributed by atoms with Crippen LogP contribution in [0.25, 0.3) is 0 Å². The molecule has 162 valence electrons. The van der Waals surface area contributed by atoms with Crippen molar-refractivity contribution in [3.05, 3.63) is 22.4 Å². The van der Waals surface area contributed by atoms with E-state index in [-0.39, 0.29) is 29.2 Å². The van der Waals surface area contributed by atoms with E-state index >= 15 is 0 Å². The Balaban J connectivity index is 1.89. The van der Waals surface area contributed by atoms with Crippen LogP contribution in [0.1, 0.15) is 64.3 Å². The number of rotatable bonds is 4. The summed E-state index contributed by atoms with van der Waals surface area (Å²) in [7, 11) is 0. The molecule has 3 rings (SSSR count). The van der Waals surface area contributed by atoms with Gasteiger partial charge in [-0.3, -0.25) is 9.59 Å². The number of nitrogens with zero attached hydrogens (tertiary/aromatic N) is 1. The number of thiophene rings is 1. The Kier molecular flexibility index (Phi) is 6.70. The number of piperidine rings is 1. The highest BCUT2D eigenvalue weighted by atomic mass is 32.1. The normalized spacial score (nSPS) is 28.9. The third-order valence-corrected chi connectivity index (χ3v) is 6.82. The van der Waals surface area contributed by atoms with E-state index in [0.29, 0.717) is 32.6 Å². The quantitative estimate of drug-likeness (QED) is 0.781. The summed E-state index contributed by atoms with van der Waals surface area (Å²) < 4.78 is 5.42. The molecule has 2 fully saturated rings. The lowest BCUT2D eigenvalue weighted by atomic mass is 9.80. The molecule has 3 heterocycles. The molecule has 0 unspecified atom stereocenters. The number of nitrogens with one attached hydrogen (secondary N) is 1. The molecule has 1 aromatic rings. The maximum absolute atomic E-state index is 13.4. The van der Waals surface area contributed by atoms with Crippen molar-refractivity contribution < 1.29 is 19.4 Å². The summed E-state index contributed by atoms with van der Waals surface area (Å²) in [4.78, 5) is 29.1. The number of likely N-dealkylation sites (tertiary alicyclic amines) is 1. The molecular formula is C22H34N2O4S. The van der Waals surface area contributed by atoms with Crippen LogP contribution in [0.15, 0.2) is 17.5 Å². The summed E-state index contributed by atoms with van der Waals surface area (Å²) in [5, 5.41) is 16.3. The molecule has 2 aliphatic heterocycles. The first-order valence-electron chi connectivity index (χ1n) is 10.5. The molecular weight excluding hydrogens is 388 g/mol. The summed E-state index contributed by atoms with van der Waals surface area (Å²) in [5.41, 5.74) is -1.24. The summed E-state index contributed by atoms with van der Waals surface area (Å²) in [6, 6.07) is 3.03. The second-order valence-electron chi connectivity index (χ2n) is 9.77. The zero-order chi connectivity index (χ0) is 21.2. The SMILES string of the molecule is CC(C)(C)CC(=O)N[C@H]1[C@H](c2cccs2)N(C(=O)C2CCOCC2)CC[C@@]1(C)O. The second kappa shape index (κ2) is 8.74. The van der Waals surface area contributed by atoms with Crippen molar-refractivity contribution in [1.29, 1.82) is 0 Å². The van der Waals surface area contributed by atoms with Crippen molar-refractivity contribution >= 4 is 23.2 Å². The number of amides is 2. The highest BCUT2D eigenvalue weighted by Crippen LogP contribution is 2.40. The fraction of sp³-hybridized carbons (Fsp3) is 0.727. The van der Waals surface area contributed by atoms with E-state index in [0.717, 1.165) is 17.7 Å². The molecule has 3 atom stereocenters. The van der Waals surface area contributed by atoms with Crippen LogP contribution in [0.3, 0.4) is 0 Å². The number of carbonyl (C=O) groups is 2. The molecule has 2 N–H and O–H groups in total. The number of aliphatic hydroxyl groups is 1. The molecule has 0 saturated carbocycles. The molecule has 1 aromatic heterocycles. The summed E-state index contributed by atoms with van der Waals surface area (Å²) in [6.07, 6.45) is 2.25. The Morgan fingerprint density at radius 3 is 2.62 bits per heavy atom. The fourth-order valence-electron chi connectivity index (χ4n) is 4.31. The summed E-state index contributed by atoms with van der Waals surface area (Å²) in [5.74, 6) is -0.0397. The van der Waals surface area contributed by atoms with Gasteiger partial charge in [-0.2, -0.15) is 0 Å². The van der Waals surface area contributed by atoms with Gasteiger partial charge < -0.3 is 20.1 Å². The predicted octanol–water partition coefficient (Wildman–Crippen LogP) is 3.12. The monoisotopic (exact) mass is 422 g/mol. The smallest absolute Gasteiger partial charge is 0.226 e. The largest absolute Gasteiger partial charge is 0.388 e. The van der Waals surface area contributed by atoms with E-state index in [2.05, 4.69) is 5.32 Å². The minimum Gasteiger partial charge on any atom is -0.388 e. The van der Waals surface area contributed by atoms with Gasteiger partial charge in [0.2, 0.25) is 11.8 Å². The molecule has 0 aliphatic carbocycles. The second-order valence-corrected chi connectivity index (χ2v) is 10.7. The molecule has 0 radical (unpaired) electrons. The minimum atomic E-state index is -1.09. The summed E-state index contributed by atoms with van der Waals surface area (Å²) in [6.45, 7) is 9.52. The fourth-order valence-corrected chi connectivity index (χ4v) is 5.18. The molecule has 29 heavy (non-hydrogen) atoms. The molecule has 2 amide bonds. The van der Waals surface area contributed by atoms with Crippen molar-refractivity contribution in [1.82, 2.24) is 10.2 Å². The van der Waals surface area contributed by atoms with Gasteiger partial charge in [0.15, 0.2) is 0 Å². The van der Waals surface area contributed by atoms with Crippen LogP contribution in [-0.4, -0.2) is 53.2 Å². The Morgan fingerprint density at radius 1 is 1.34 bits per heavy atom. The zero-order valence-corrected chi connectivity index (χ0v) is 18.8. The van der Waals surface area contributed by atoms with E-state index in [1.165, 1.54) is 0 Å². The van der Waals surface area contributed by atoms with Crippen LogP contribution < -0.4 is 5.32 Å². The van der Waals surface area contributed by atoms with E-state index < -0.39 is 11.6 Å². The van der Waals surface area contributed by atoms with E-state index in [4.69, 9.17) is 4.74 Å². The third-order valence-electron chi connectivity index (χ3n) is 5.88. The first kappa shape index (κ1) is 22.2. The third kappa shape index (κ3) is 5.38. The minimum absolute atomic E-state index is 0.0554. The predicted molar refractivity (Wildman–Crippen MR) is 114 cm³/mol. The van der Waals surface area contributed by atoms with E-state index in [1.807, 2.05) is 43.2 Å². The maximum Gasteiger partial charge on any atom is 0.226 e. The van der Waals surface area contributed by atoms with Crippen molar-refractivity contribution in [2.24, 2.45) is 11.3 Å². The van der Waals surface area contributed by atoms with Gasteiger partial charge in [0.1, 0.15) is 0 Å². The number of ether oxygens (including phenoxy) is 1. The van der Waals surface area contributed by atoms with Gasteiger partial charge in [-0.05, 0) is 43.0 Å². The van der Waals surface area contributed by atoms with Crippen molar-refractivity contribution in [3.8, 4) is 0 Å². The standard InChI is InChI=1S/C22H34N2O4S/c1-21(2,3)14-17(25)23-19-18(16-6-5-13-29-16)24(10-9-22(19,4)27)20(26)15-7-11-28-12-8-15/h5-6,13,15,18-19,27H,7-12,14H2,1-4H3,(H,23,25)/t18-,19-,22+/m0/s1. The molecule has 0 bridgehead atoms. The average molecular weight is 423 g/mol. The topological polar surface area (TPSA) is 78.9 Å². The van der Waals surface area contributed by atoms with Crippen LogP contribution in [0.2, 0.25) is 0 Å². The molecule has 6 nitrogen and oxygen atoms in total. The van der Waals surface area contributed by atoms with Crippen LogP contribution in [-0.2, 0) is 14.3 Å². The van der Waals surface area contributed by atoms with Crippen molar-refractivity contribution in [2.75, 3.05) is 19.8 Å². The van der Waals surface area contributed by atoms with Crippen LogP contribution in [0, 0.1) is 11.3 Å². The average Bonchev–Trinajstić information content (AvgIpc) is 3.16. The molecule has 0 aromatic carbocycles. The molecule has 0 spiro atoms. The van der Waals surface area contributed by atoms with Gasteiger partial charge in [0, 0.05) is 37.0 Å². The number of hydrogen-bond acceptors (Lipinski definition) is 5. The first-order valence-corrected chi connectivity index (χ1v) is 11.4. The Hall–Kier alpha value is -1.44. The lowest BCUT2D eigenvalue weighted by Gasteiger charge is -2.49. The first-order chi connectivity index (χ1) is 13.6. The van der Waals surface area contributed by atoms with Gasteiger partial charge in [0.25, 0.3) is 0 Å². The maximum atomic E-state index is 13.4. The van der Waals surface area contributed by atoms with E-state index in [1.54, 1.807) is 18.3 Å². The Labute approximate surface area is 177 Å². The van der Waals surface area contributed by atoms with Gasteiger partial charge >= 0.3 is 0 Å². The molecule has 2 saturated heterocycles. The number of carbonyl (C=O) groups excluding carboxylic acids is 2. The molecule has 2 aliphatic rings. The number of hydrogen-bond donors (Lipinski definition) is 2. The Bertz CT molecular complexity index is 705. The Morgan fingerprint density at radius 2 is 2.03 bits per heavy atom. The highest BCUT2D eigenvalue weighted by Gasteiger charge is 2.49. The highest BCUT2D eigenvalue weighted by molar-refractivity contribution is 7.10. The van der Waals surface area contributed by atoms with Crippen LogP contribution in [0.4, 0.5) is 0 Å². The van der Waals surface area contributed by atoms with Gasteiger partial charge in [-0.25, -0.2) is 0 Å². The lowest BCUT2D eigenvalue weighted by molar-refractivity contribution is -0.152. The van der Waals surface area contributed by atoms with Gasteiger partial charge in [0.05, 0.1) is 17.7 Å². The van der Waals surface area contributed by atoms with Crippen LogP contribution in [0.5, 0.6) is 0 Å². The summed E-state index contributed by atoms with van der Waals surface area (Å²) >= 11 is 1.56. The van der Waals surface area contributed by atoms with Crippen molar-refractivity contribution in [2.45, 2.75) is 71.1 Å². The van der Waals surface area contributed by atoms with Gasteiger partial charge in [-0.15, -0.1) is 11.3 Å². The van der Waals surface area contributed by atoms with Gasteiger partial charge in [-0.1, -0.05) is 26.8 Å². The zero-order valence-electron chi connectivity index (χ0n) is 17.9. The van der Waals surface area contributed by atoms with Crippen LogP contribution >= 0.6 is 11.3 Å².